The predicted molar refractivity (Wildman–Crippen MR) is 68.6 cm³/mol. The molecule has 98 valence electrons. The molecule has 0 bridgehead atoms. The summed E-state index contributed by atoms with van der Waals surface area (Å²) in [6.07, 6.45) is 10.1. The Morgan fingerprint density at radius 3 is 2.35 bits per heavy atom. The molecule has 1 unspecified atom stereocenters. The van der Waals surface area contributed by atoms with Gasteiger partial charge in [-0.2, -0.15) is 4.98 Å². The van der Waals surface area contributed by atoms with Gasteiger partial charge in [-0.15, -0.1) is 0 Å². The smallest absolute Gasteiger partial charge is 0.223 e. The van der Waals surface area contributed by atoms with Crippen molar-refractivity contribution in [3.63, 3.8) is 0 Å². The molecule has 1 atom stereocenters. The number of nitrogens with two attached hydrogens (primary N) is 1. The van der Waals surface area contributed by atoms with E-state index in [9.17, 15) is 0 Å². The Morgan fingerprint density at radius 2 is 1.76 bits per heavy atom. The van der Waals surface area contributed by atoms with Crippen LogP contribution in [0.25, 0.3) is 0 Å². The SMILES string of the molecule is CCCCCCCCCC(N)c1noc(C)n1. The predicted octanol–water partition coefficient (Wildman–Crippen LogP) is 3.52. The van der Waals surface area contributed by atoms with E-state index in [0.717, 1.165) is 12.8 Å². The average molecular weight is 239 g/mol. The van der Waals surface area contributed by atoms with Gasteiger partial charge in [0.1, 0.15) is 0 Å². The van der Waals surface area contributed by atoms with Gasteiger partial charge in [-0.05, 0) is 6.42 Å². The molecule has 4 heteroatoms. The minimum atomic E-state index is -0.0666. The maximum Gasteiger partial charge on any atom is 0.223 e. The van der Waals surface area contributed by atoms with Crippen molar-refractivity contribution in [1.29, 1.82) is 0 Å². The van der Waals surface area contributed by atoms with Crippen molar-refractivity contribution in [1.82, 2.24) is 10.1 Å². The lowest BCUT2D eigenvalue weighted by atomic mass is 10.1. The molecule has 0 aliphatic carbocycles. The fourth-order valence-electron chi connectivity index (χ4n) is 1.92. The highest BCUT2D eigenvalue weighted by Gasteiger charge is 2.11. The van der Waals surface area contributed by atoms with Crippen LogP contribution in [0.5, 0.6) is 0 Å². The van der Waals surface area contributed by atoms with E-state index in [-0.39, 0.29) is 6.04 Å². The molecule has 1 aromatic rings. The van der Waals surface area contributed by atoms with Gasteiger partial charge in [0, 0.05) is 6.92 Å². The molecule has 0 saturated carbocycles. The second kappa shape index (κ2) is 8.23. The third kappa shape index (κ3) is 5.82. The molecule has 0 amide bonds. The Kier molecular flexibility index (Phi) is 6.86. The van der Waals surface area contributed by atoms with Crippen molar-refractivity contribution in [3.05, 3.63) is 11.7 Å². The van der Waals surface area contributed by atoms with E-state index >= 15 is 0 Å². The zero-order valence-electron chi connectivity index (χ0n) is 11.1. The minimum absolute atomic E-state index is 0.0666. The quantitative estimate of drug-likeness (QED) is 0.670. The maximum absolute atomic E-state index is 5.99. The normalized spacial score (nSPS) is 12.9. The van der Waals surface area contributed by atoms with Gasteiger partial charge >= 0.3 is 0 Å². The second-order valence-corrected chi connectivity index (χ2v) is 4.69. The van der Waals surface area contributed by atoms with Crippen LogP contribution in [0.3, 0.4) is 0 Å². The van der Waals surface area contributed by atoms with Gasteiger partial charge in [-0.25, -0.2) is 0 Å². The number of aromatic nitrogens is 2. The molecule has 0 aromatic carbocycles. The lowest BCUT2D eigenvalue weighted by molar-refractivity contribution is 0.380. The number of rotatable bonds is 9. The number of unbranched alkanes of at least 4 members (excludes halogenated alkanes) is 6. The lowest BCUT2D eigenvalue weighted by Crippen LogP contribution is -2.11. The van der Waals surface area contributed by atoms with Crippen LogP contribution in [0, 0.1) is 6.92 Å². The first-order chi connectivity index (χ1) is 8.24. The van der Waals surface area contributed by atoms with Gasteiger partial charge < -0.3 is 10.3 Å². The summed E-state index contributed by atoms with van der Waals surface area (Å²) in [5.74, 6) is 1.24. The number of hydrogen-bond acceptors (Lipinski definition) is 4. The van der Waals surface area contributed by atoms with Crippen molar-refractivity contribution >= 4 is 0 Å². The third-order valence-corrected chi connectivity index (χ3v) is 2.99. The summed E-state index contributed by atoms with van der Waals surface area (Å²) in [5.41, 5.74) is 5.99. The number of nitrogens with zero attached hydrogens (tertiary/aromatic N) is 2. The van der Waals surface area contributed by atoms with Gasteiger partial charge in [0.15, 0.2) is 5.82 Å². The van der Waals surface area contributed by atoms with E-state index in [1.807, 2.05) is 0 Å². The standard InChI is InChI=1S/C13H25N3O/c1-3-4-5-6-7-8-9-10-12(14)13-15-11(2)17-16-13/h12H,3-10,14H2,1-2H3. The molecule has 2 N–H and O–H groups in total. The molecule has 1 rings (SSSR count). The monoisotopic (exact) mass is 239 g/mol. The van der Waals surface area contributed by atoms with E-state index in [0.29, 0.717) is 11.7 Å². The molecule has 0 radical (unpaired) electrons. The van der Waals surface area contributed by atoms with Crippen molar-refractivity contribution in [3.8, 4) is 0 Å². The Morgan fingerprint density at radius 1 is 1.12 bits per heavy atom. The molecule has 17 heavy (non-hydrogen) atoms. The molecular formula is C13H25N3O. The molecule has 1 aromatic heterocycles. The fraction of sp³-hybridized carbons (Fsp3) is 0.846. The van der Waals surface area contributed by atoms with Gasteiger partial charge in [-0.1, -0.05) is 57.0 Å². The Balaban J connectivity index is 2.03. The number of hydrogen-bond donors (Lipinski definition) is 1. The van der Waals surface area contributed by atoms with Crippen LogP contribution < -0.4 is 5.73 Å². The number of aryl methyl sites for hydroxylation is 1. The summed E-state index contributed by atoms with van der Waals surface area (Å²) in [6, 6.07) is -0.0666. The van der Waals surface area contributed by atoms with Crippen LogP contribution >= 0.6 is 0 Å². The molecule has 0 spiro atoms. The van der Waals surface area contributed by atoms with Gasteiger partial charge in [-0.3, -0.25) is 0 Å². The summed E-state index contributed by atoms with van der Waals surface area (Å²) in [5, 5.41) is 3.84. The topological polar surface area (TPSA) is 64.9 Å². The Labute approximate surface area is 104 Å². The molecule has 0 aliphatic heterocycles. The van der Waals surface area contributed by atoms with E-state index in [1.165, 1.54) is 38.5 Å². The molecular weight excluding hydrogens is 214 g/mol. The van der Waals surface area contributed by atoms with Crippen molar-refractivity contribution in [2.45, 2.75) is 71.3 Å². The highest BCUT2D eigenvalue weighted by atomic mass is 16.5. The first kappa shape index (κ1) is 14.2. The van der Waals surface area contributed by atoms with E-state index in [1.54, 1.807) is 6.92 Å². The first-order valence-corrected chi connectivity index (χ1v) is 6.79. The van der Waals surface area contributed by atoms with Crippen molar-refractivity contribution in [2.75, 3.05) is 0 Å². The molecule has 1 heterocycles. The lowest BCUT2D eigenvalue weighted by Gasteiger charge is -2.06. The molecule has 0 fully saturated rings. The summed E-state index contributed by atoms with van der Waals surface area (Å²) >= 11 is 0. The van der Waals surface area contributed by atoms with Crippen LogP contribution in [-0.4, -0.2) is 10.1 Å². The van der Waals surface area contributed by atoms with E-state index in [4.69, 9.17) is 10.3 Å². The van der Waals surface area contributed by atoms with Gasteiger partial charge in [0.25, 0.3) is 0 Å². The van der Waals surface area contributed by atoms with Crippen LogP contribution in [0.2, 0.25) is 0 Å². The zero-order valence-corrected chi connectivity index (χ0v) is 11.1. The van der Waals surface area contributed by atoms with E-state index in [2.05, 4.69) is 17.1 Å². The molecule has 4 nitrogen and oxygen atoms in total. The molecule has 0 saturated heterocycles. The van der Waals surface area contributed by atoms with Gasteiger partial charge in [0.2, 0.25) is 5.89 Å². The summed E-state index contributed by atoms with van der Waals surface area (Å²) in [7, 11) is 0. The highest BCUT2D eigenvalue weighted by molar-refractivity contribution is 4.91. The molecule has 0 aliphatic rings. The summed E-state index contributed by atoms with van der Waals surface area (Å²) in [4.78, 5) is 4.15. The Bertz CT molecular complexity index is 299. The van der Waals surface area contributed by atoms with Gasteiger partial charge in [0.05, 0.1) is 6.04 Å². The summed E-state index contributed by atoms with van der Waals surface area (Å²) < 4.78 is 4.92. The largest absolute Gasteiger partial charge is 0.340 e. The third-order valence-electron chi connectivity index (χ3n) is 2.99. The van der Waals surface area contributed by atoms with Crippen molar-refractivity contribution in [2.24, 2.45) is 5.73 Å². The van der Waals surface area contributed by atoms with Crippen LogP contribution in [0.15, 0.2) is 4.52 Å². The van der Waals surface area contributed by atoms with Crippen molar-refractivity contribution < 1.29 is 4.52 Å². The van der Waals surface area contributed by atoms with Crippen LogP contribution in [0.4, 0.5) is 0 Å². The zero-order chi connectivity index (χ0) is 12.5. The Hall–Kier alpha value is -0.900. The van der Waals surface area contributed by atoms with Crippen LogP contribution in [-0.2, 0) is 0 Å². The summed E-state index contributed by atoms with van der Waals surface area (Å²) in [6.45, 7) is 4.03. The second-order valence-electron chi connectivity index (χ2n) is 4.69. The highest BCUT2D eigenvalue weighted by Crippen LogP contribution is 2.15. The maximum atomic E-state index is 5.99. The first-order valence-electron chi connectivity index (χ1n) is 6.79. The average Bonchev–Trinajstić information content (AvgIpc) is 2.74. The van der Waals surface area contributed by atoms with E-state index < -0.39 is 0 Å². The van der Waals surface area contributed by atoms with Crippen LogP contribution in [0.1, 0.15) is 76.0 Å². The fourth-order valence-corrected chi connectivity index (χ4v) is 1.92. The minimum Gasteiger partial charge on any atom is -0.340 e.